The minimum atomic E-state index is 0.872. The lowest BCUT2D eigenvalue weighted by Crippen LogP contribution is -1.95. The second-order valence-corrected chi connectivity index (χ2v) is 2.40. The van der Waals surface area contributed by atoms with Gasteiger partial charge in [0.15, 0.2) is 0 Å². The van der Waals surface area contributed by atoms with Gasteiger partial charge in [-0.3, -0.25) is 0 Å². The van der Waals surface area contributed by atoms with E-state index in [0.29, 0.717) is 0 Å². The number of aryl methyl sites for hydroxylation is 3. The van der Waals surface area contributed by atoms with Crippen molar-refractivity contribution in [3.63, 3.8) is 0 Å². The fraction of sp³-hybridized carbons (Fsp3) is 0.500. The van der Waals surface area contributed by atoms with Gasteiger partial charge in [0.1, 0.15) is 5.82 Å². The highest BCUT2D eigenvalue weighted by molar-refractivity contribution is 5.08. The molecule has 1 rings (SSSR count). The summed E-state index contributed by atoms with van der Waals surface area (Å²) in [5.74, 6) is 0.872. The SMILES string of the molecule is CCc1cc(C)nc(C)n1. The third kappa shape index (κ3) is 1.53. The first-order valence-electron chi connectivity index (χ1n) is 3.53. The number of rotatable bonds is 1. The van der Waals surface area contributed by atoms with Gasteiger partial charge in [0, 0.05) is 11.4 Å². The van der Waals surface area contributed by atoms with Crippen molar-refractivity contribution < 1.29 is 0 Å². The van der Waals surface area contributed by atoms with Crippen molar-refractivity contribution in [2.24, 2.45) is 0 Å². The molecule has 0 N–H and O–H groups in total. The van der Waals surface area contributed by atoms with Gasteiger partial charge in [-0.05, 0) is 26.3 Å². The number of nitrogens with zero attached hydrogens (tertiary/aromatic N) is 2. The van der Waals surface area contributed by atoms with Crippen LogP contribution in [0.3, 0.4) is 0 Å². The van der Waals surface area contributed by atoms with E-state index in [-0.39, 0.29) is 0 Å². The lowest BCUT2D eigenvalue weighted by Gasteiger charge is -1.98. The van der Waals surface area contributed by atoms with Crippen molar-refractivity contribution in [3.05, 3.63) is 23.3 Å². The summed E-state index contributed by atoms with van der Waals surface area (Å²) >= 11 is 0. The minimum Gasteiger partial charge on any atom is -0.239 e. The summed E-state index contributed by atoms with van der Waals surface area (Å²) in [6, 6.07) is 2.02. The summed E-state index contributed by atoms with van der Waals surface area (Å²) in [4.78, 5) is 8.41. The molecule has 1 aromatic heterocycles. The van der Waals surface area contributed by atoms with Gasteiger partial charge in [-0.2, -0.15) is 0 Å². The Morgan fingerprint density at radius 1 is 1.30 bits per heavy atom. The van der Waals surface area contributed by atoms with Gasteiger partial charge in [-0.1, -0.05) is 6.92 Å². The van der Waals surface area contributed by atoms with E-state index in [0.717, 1.165) is 23.6 Å². The Morgan fingerprint density at radius 3 is 2.50 bits per heavy atom. The maximum Gasteiger partial charge on any atom is 0.125 e. The van der Waals surface area contributed by atoms with Crippen LogP contribution in [0.4, 0.5) is 0 Å². The van der Waals surface area contributed by atoms with E-state index in [2.05, 4.69) is 16.9 Å². The van der Waals surface area contributed by atoms with Crippen LogP contribution in [0.1, 0.15) is 24.1 Å². The molecule has 10 heavy (non-hydrogen) atoms. The molecular weight excluding hydrogens is 124 g/mol. The normalized spacial score (nSPS) is 9.90. The molecule has 0 fully saturated rings. The lowest BCUT2D eigenvalue weighted by atomic mass is 10.3. The van der Waals surface area contributed by atoms with Crippen LogP contribution in [0.2, 0.25) is 0 Å². The zero-order valence-electron chi connectivity index (χ0n) is 6.68. The third-order valence-corrected chi connectivity index (χ3v) is 1.38. The first-order chi connectivity index (χ1) is 4.72. The minimum absolute atomic E-state index is 0.872. The predicted octanol–water partition coefficient (Wildman–Crippen LogP) is 1.66. The maximum absolute atomic E-state index is 4.24. The van der Waals surface area contributed by atoms with Crippen LogP contribution in [-0.2, 0) is 6.42 Å². The number of hydrogen-bond donors (Lipinski definition) is 0. The highest BCUT2D eigenvalue weighted by Gasteiger charge is 1.93. The monoisotopic (exact) mass is 136 g/mol. The molecule has 0 aliphatic rings. The molecule has 0 spiro atoms. The van der Waals surface area contributed by atoms with Crippen molar-refractivity contribution in [1.82, 2.24) is 9.97 Å². The second kappa shape index (κ2) is 2.78. The molecule has 0 aliphatic heterocycles. The van der Waals surface area contributed by atoms with Crippen LogP contribution in [0, 0.1) is 13.8 Å². The molecule has 2 nitrogen and oxygen atoms in total. The van der Waals surface area contributed by atoms with E-state index in [1.807, 2.05) is 19.9 Å². The van der Waals surface area contributed by atoms with Crippen LogP contribution in [0.5, 0.6) is 0 Å². The van der Waals surface area contributed by atoms with Gasteiger partial charge in [-0.15, -0.1) is 0 Å². The van der Waals surface area contributed by atoms with E-state index in [4.69, 9.17) is 0 Å². The van der Waals surface area contributed by atoms with E-state index in [9.17, 15) is 0 Å². The molecule has 0 aliphatic carbocycles. The summed E-state index contributed by atoms with van der Waals surface area (Å²) in [5, 5.41) is 0. The maximum atomic E-state index is 4.24. The molecular formula is C8H12N2. The van der Waals surface area contributed by atoms with Crippen molar-refractivity contribution >= 4 is 0 Å². The van der Waals surface area contributed by atoms with Crippen LogP contribution in [-0.4, -0.2) is 9.97 Å². The molecule has 0 atom stereocenters. The van der Waals surface area contributed by atoms with Gasteiger partial charge >= 0.3 is 0 Å². The molecule has 0 saturated carbocycles. The van der Waals surface area contributed by atoms with E-state index >= 15 is 0 Å². The fourth-order valence-corrected chi connectivity index (χ4v) is 0.975. The Balaban J connectivity index is 3.06. The van der Waals surface area contributed by atoms with Crippen LogP contribution >= 0.6 is 0 Å². The largest absolute Gasteiger partial charge is 0.239 e. The zero-order chi connectivity index (χ0) is 7.56. The molecule has 2 heteroatoms. The molecule has 0 radical (unpaired) electrons. The van der Waals surface area contributed by atoms with Gasteiger partial charge < -0.3 is 0 Å². The summed E-state index contributed by atoms with van der Waals surface area (Å²) in [6.45, 7) is 6.02. The van der Waals surface area contributed by atoms with E-state index in [1.54, 1.807) is 0 Å². The summed E-state index contributed by atoms with van der Waals surface area (Å²) in [6.07, 6.45) is 0.990. The Kier molecular flexibility index (Phi) is 2.00. The lowest BCUT2D eigenvalue weighted by molar-refractivity contribution is 0.926. The molecule has 1 aromatic rings. The fourth-order valence-electron chi connectivity index (χ4n) is 0.975. The summed E-state index contributed by atoms with van der Waals surface area (Å²) in [7, 11) is 0. The molecule has 0 bridgehead atoms. The van der Waals surface area contributed by atoms with Crippen molar-refractivity contribution in [2.45, 2.75) is 27.2 Å². The van der Waals surface area contributed by atoms with Crippen LogP contribution in [0.25, 0.3) is 0 Å². The summed E-state index contributed by atoms with van der Waals surface area (Å²) in [5.41, 5.74) is 2.19. The van der Waals surface area contributed by atoms with E-state index in [1.165, 1.54) is 0 Å². The van der Waals surface area contributed by atoms with Crippen LogP contribution < -0.4 is 0 Å². The smallest absolute Gasteiger partial charge is 0.125 e. The highest BCUT2D eigenvalue weighted by Crippen LogP contribution is 1.99. The van der Waals surface area contributed by atoms with Gasteiger partial charge in [0.25, 0.3) is 0 Å². The Hall–Kier alpha value is -0.920. The number of hydrogen-bond acceptors (Lipinski definition) is 2. The summed E-state index contributed by atoms with van der Waals surface area (Å²) < 4.78 is 0. The highest BCUT2D eigenvalue weighted by atomic mass is 14.9. The second-order valence-electron chi connectivity index (χ2n) is 2.40. The van der Waals surface area contributed by atoms with E-state index < -0.39 is 0 Å². The van der Waals surface area contributed by atoms with Gasteiger partial charge in [0.05, 0.1) is 0 Å². The first-order valence-corrected chi connectivity index (χ1v) is 3.53. The van der Waals surface area contributed by atoms with Crippen molar-refractivity contribution in [3.8, 4) is 0 Å². The Labute approximate surface area is 61.3 Å². The molecule has 0 saturated heterocycles. The average molecular weight is 136 g/mol. The Bertz CT molecular complexity index is 210. The Morgan fingerprint density at radius 2 is 2.00 bits per heavy atom. The predicted molar refractivity (Wildman–Crippen MR) is 40.9 cm³/mol. The average Bonchev–Trinajstić information content (AvgIpc) is 1.85. The molecule has 0 aromatic carbocycles. The molecule has 0 amide bonds. The van der Waals surface area contributed by atoms with Crippen molar-refractivity contribution in [1.29, 1.82) is 0 Å². The first kappa shape index (κ1) is 7.19. The van der Waals surface area contributed by atoms with Crippen molar-refractivity contribution in [2.75, 3.05) is 0 Å². The molecule has 54 valence electrons. The molecule has 1 heterocycles. The standard InChI is InChI=1S/C8H12N2/c1-4-8-5-6(2)9-7(3)10-8/h5H,4H2,1-3H3. The third-order valence-electron chi connectivity index (χ3n) is 1.38. The quantitative estimate of drug-likeness (QED) is 0.586. The molecule has 0 unspecified atom stereocenters. The number of aromatic nitrogens is 2. The van der Waals surface area contributed by atoms with Crippen LogP contribution in [0.15, 0.2) is 6.07 Å². The van der Waals surface area contributed by atoms with Gasteiger partial charge in [-0.25, -0.2) is 9.97 Å². The van der Waals surface area contributed by atoms with Gasteiger partial charge in [0.2, 0.25) is 0 Å². The zero-order valence-corrected chi connectivity index (χ0v) is 6.68. The topological polar surface area (TPSA) is 25.8 Å².